The molecule has 120 valence electrons. The molecule has 0 spiro atoms. The summed E-state index contributed by atoms with van der Waals surface area (Å²) in [7, 11) is 0. The number of carboxylic acids is 1. The third-order valence-electron chi connectivity index (χ3n) is 5.07. The maximum Gasteiger partial charge on any atom is 0.306 e. The van der Waals surface area contributed by atoms with Crippen LogP contribution < -0.4 is 4.90 Å². The lowest BCUT2D eigenvalue weighted by Gasteiger charge is -2.42. The number of nitrogens with zero attached hydrogens (tertiary/aromatic N) is 2. The summed E-state index contributed by atoms with van der Waals surface area (Å²) in [6.07, 6.45) is 3.51. The lowest BCUT2D eigenvalue weighted by molar-refractivity contribution is -0.143. The van der Waals surface area contributed by atoms with Crippen molar-refractivity contribution in [2.45, 2.75) is 31.7 Å². The van der Waals surface area contributed by atoms with E-state index in [1.807, 2.05) is 12.1 Å². The molecule has 1 N–H and O–H groups in total. The fraction of sp³-hybridized carbons (Fsp3) is 0.588. The summed E-state index contributed by atoms with van der Waals surface area (Å²) in [6, 6.07) is 7.43. The first-order chi connectivity index (χ1) is 10.6. The molecule has 4 nitrogen and oxygen atoms in total. The number of hydrogen-bond acceptors (Lipinski definition) is 3. The van der Waals surface area contributed by atoms with Gasteiger partial charge >= 0.3 is 5.97 Å². The normalized spacial score (nSPS) is 26.9. The molecule has 22 heavy (non-hydrogen) atoms. The molecule has 1 aromatic carbocycles. The van der Waals surface area contributed by atoms with Crippen LogP contribution in [0, 0.1) is 11.7 Å². The molecule has 0 unspecified atom stereocenters. The van der Waals surface area contributed by atoms with Gasteiger partial charge in [-0.25, -0.2) is 4.39 Å². The molecular weight excluding hydrogens is 283 g/mol. The molecule has 0 atom stereocenters. The van der Waals surface area contributed by atoms with Crippen LogP contribution in [0.25, 0.3) is 0 Å². The van der Waals surface area contributed by atoms with Crippen LogP contribution in [0.1, 0.15) is 25.7 Å². The number of aliphatic carboxylic acids is 1. The summed E-state index contributed by atoms with van der Waals surface area (Å²) >= 11 is 0. The number of benzene rings is 1. The van der Waals surface area contributed by atoms with Crippen molar-refractivity contribution in [3.63, 3.8) is 0 Å². The van der Waals surface area contributed by atoms with Crippen LogP contribution in [0.2, 0.25) is 0 Å². The van der Waals surface area contributed by atoms with Gasteiger partial charge in [0.15, 0.2) is 0 Å². The highest BCUT2D eigenvalue weighted by Crippen LogP contribution is 2.29. The molecule has 1 saturated carbocycles. The maximum absolute atomic E-state index is 13.8. The lowest BCUT2D eigenvalue weighted by atomic mass is 9.85. The topological polar surface area (TPSA) is 43.8 Å². The van der Waals surface area contributed by atoms with Crippen LogP contribution in [0.5, 0.6) is 0 Å². The van der Waals surface area contributed by atoms with E-state index < -0.39 is 5.97 Å². The molecule has 1 aliphatic heterocycles. The highest BCUT2D eigenvalue weighted by atomic mass is 19.1. The van der Waals surface area contributed by atoms with Crippen LogP contribution in [0.4, 0.5) is 10.1 Å². The Labute approximate surface area is 130 Å². The van der Waals surface area contributed by atoms with E-state index in [1.54, 1.807) is 6.07 Å². The zero-order chi connectivity index (χ0) is 15.5. The van der Waals surface area contributed by atoms with E-state index in [9.17, 15) is 9.18 Å². The summed E-state index contributed by atoms with van der Waals surface area (Å²) in [5.41, 5.74) is 0.691. The summed E-state index contributed by atoms with van der Waals surface area (Å²) in [4.78, 5) is 15.6. The van der Waals surface area contributed by atoms with Gasteiger partial charge in [-0.1, -0.05) is 12.1 Å². The first-order valence-electron chi connectivity index (χ1n) is 8.11. The number of carbonyl (C=O) groups is 1. The maximum atomic E-state index is 13.8. The molecule has 2 fully saturated rings. The molecule has 0 aromatic heterocycles. The molecule has 1 saturated heterocycles. The summed E-state index contributed by atoms with van der Waals surface area (Å²) in [5, 5.41) is 9.07. The van der Waals surface area contributed by atoms with Crippen molar-refractivity contribution in [1.82, 2.24) is 4.90 Å². The fourth-order valence-electron chi connectivity index (χ4n) is 3.72. The van der Waals surface area contributed by atoms with E-state index in [4.69, 9.17) is 5.11 Å². The van der Waals surface area contributed by atoms with Crippen molar-refractivity contribution in [3.05, 3.63) is 30.1 Å². The molecule has 5 heteroatoms. The van der Waals surface area contributed by atoms with Crippen molar-refractivity contribution >= 4 is 11.7 Å². The molecule has 1 aliphatic carbocycles. The van der Waals surface area contributed by atoms with E-state index in [1.165, 1.54) is 6.07 Å². The minimum absolute atomic E-state index is 0.155. The minimum Gasteiger partial charge on any atom is -0.481 e. The average Bonchev–Trinajstić information content (AvgIpc) is 2.56. The molecule has 1 aromatic rings. The van der Waals surface area contributed by atoms with E-state index in [2.05, 4.69) is 9.80 Å². The van der Waals surface area contributed by atoms with Crippen molar-refractivity contribution in [3.8, 4) is 0 Å². The minimum atomic E-state index is -0.650. The Bertz CT molecular complexity index is 521. The Balaban J connectivity index is 1.52. The summed E-state index contributed by atoms with van der Waals surface area (Å²) < 4.78 is 13.8. The van der Waals surface area contributed by atoms with Gasteiger partial charge in [-0.2, -0.15) is 0 Å². The van der Waals surface area contributed by atoms with Crippen LogP contribution in [-0.2, 0) is 4.79 Å². The van der Waals surface area contributed by atoms with Crippen molar-refractivity contribution in [2.24, 2.45) is 5.92 Å². The van der Waals surface area contributed by atoms with Gasteiger partial charge in [0, 0.05) is 32.2 Å². The number of para-hydroxylation sites is 1. The molecule has 0 radical (unpaired) electrons. The van der Waals surface area contributed by atoms with Crippen molar-refractivity contribution in [2.75, 3.05) is 31.1 Å². The van der Waals surface area contributed by atoms with Crippen LogP contribution in [0.15, 0.2) is 24.3 Å². The van der Waals surface area contributed by atoms with Gasteiger partial charge in [0.1, 0.15) is 5.82 Å². The third-order valence-corrected chi connectivity index (χ3v) is 5.07. The number of piperazine rings is 1. The molecule has 0 bridgehead atoms. The van der Waals surface area contributed by atoms with Crippen LogP contribution in [0.3, 0.4) is 0 Å². The Kier molecular flexibility index (Phi) is 4.62. The predicted octanol–water partition coefficient (Wildman–Crippen LogP) is 2.59. The number of carboxylic acid groups (broad SMARTS) is 1. The largest absolute Gasteiger partial charge is 0.481 e. The average molecular weight is 306 g/mol. The third kappa shape index (κ3) is 3.24. The van der Waals surface area contributed by atoms with Gasteiger partial charge in [0.05, 0.1) is 11.6 Å². The second-order valence-corrected chi connectivity index (χ2v) is 6.32. The SMILES string of the molecule is O=C(O)C1CCC(N2CCN(c3ccccc3F)CC2)CC1. The summed E-state index contributed by atoms with van der Waals surface area (Å²) in [5.74, 6) is -0.961. The molecule has 1 heterocycles. The fourth-order valence-corrected chi connectivity index (χ4v) is 3.72. The first-order valence-corrected chi connectivity index (χ1v) is 8.11. The number of halogens is 1. The van der Waals surface area contributed by atoms with Gasteiger partial charge in [0.2, 0.25) is 0 Å². The first kappa shape index (κ1) is 15.3. The molecular formula is C17H23FN2O2. The monoisotopic (exact) mass is 306 g/mol. The number of rotatable bonds is 3. The molecule has 2 aliphatic rings. The lowest BCUT2D eigenvalue weighted by Crippen LogP contribution is -2.51. The Morgan fingerprint density at radius 1 is 1.05 bits per heavy atom. The highest BCUT2D eigenvalue weighted by molar-refractivity contribution is 5.70. The van der Waals surface area contributed by atoms with E-state index in [0.29, 0.717) is 11.7 Å². The van der Waals surface area contributed by atoms with E-state index in [0.717, 1.165) is 51.9 Å². The Hall–Kier alpha value is -1.62. The number of anilines is 1. The zero-order valence-electron chi connectivity index (χ0n) is 12.7. The predicted molar refractivity (Wildman–Crippen MR) is 83.6 cm³/mol. The summed E-state index contributed by atoms with van der Waals surface area (Å²) in [6.45, 7) is 3.52. The number of hydrogen-bond donors (Lipinski definition) is 1. The van der Waals surface area contributed by atoms with Gasteiger partial charge in [-0.3, -0.25) is 9.69 Å². The van der Waals surface area contributed by atoms with Gasteiger partial charge in [-0.05, 0) is 37.8 Å². The van der Waals surface area contributed by atoms with Crippen molar-refractivity contribution < 1.29 is 14.3 Å². The zero-order valence-corrected chi connectivity index (χ0v) is 12.7. The molecule has 0 amide bonds. The second-order valence-electron chi connectivity index (χ2n) is 6.32. The van der Waals surface area contributed by atoms with E-state index in [-0.39, 0.29) is 11.7 Å². The van der Waals surface area contributed by atoms with Crippen LogP contribution in [-0.4, -0.2) is 48.2 Å². The Morgan fingerprint density at radius 2 is 1.68 bits per heavy atom. The van der Waals surface area contributed by atoms with Gasteiger partial charge < -0.3 is 10.0 Å². The second kappa shape index (κ2) is 6.65. The smallest absolute Gasteiger partial charge is 0.306 e. The van der Waals surface area contributed by atoms with Gasteiger partial charge in [-0.15, -0.1) is 0 Å². The highest BCUT2D eigenvalue weighted by Gasteiger charge is 2.31. The van der Waals surface area contributed by atoms with Crippen LogP contribution >= 0.6 is 0 Å². The van der Waals surface area contributed by atoms with Gasteiger partial charge in [0.25, 0.3) is 0 Å². The Morgan fingerprint density at radius 3 is 2.27 bits per heavy atom. The molecule has 3 rings (SSSR count). The standard InChI is InChI=1S/C17H23FN2O2/c18-15-3-1-2-4-16(15)20-11-9-19(10-12-20)14-7-5-13(6-8-14)17(21)22/h1-4,13-14H,5-12H2,(H,21,22). The quantitative estimate of drug-likeness (QED) is 0.932. The van der Waals surface area contributed by atoms with E-state index >= 15 is 0 Å². The van der Waals surface area contributed by atoms with Crippen molar-refractivity contribution in [1.29, 1.82) is 0 Å².